The number of ether oxygens (including phenoxy) is 2. The number of allylic oxidation sites excluding steroid dienone is 2. The molecular weight excluding hydrogens is 1410 g/mol. The van der Waals surface area contributed by atoms with E-state index in [4.69, 9.17) is 9.47 Å². The van der Waals surface area contributed by atoms with Crippen LogP contribution in [0.3, 0.4) is 0 Å². The van der Waals surface area contributed by atoms with Crippen molar-refractivity contribution in [1.82, 2.24) is 24.4 Å². The molecule has 9 aromatic carbocycles. The van der Waals surface area contributed by atoms with Gasteiger partial charge in [0.25, 0.3) is 0 Å². The smallest absolute Gasteiger partial charge is 0.338 e. The number of aromatic hydroxyl groups is 4. The summed E-state index contributed by atoms with van der Waals surface area (Å²) in [5, 5.41) is 93.2. The number of anilines is 3. The van der Waals surface area contributed by atoms with E-state index < -0.39 is 0 Å². The van der Waals surface area contributed by atoms with Gasteiger partial charge in [0.05, 0.1) is 34.0 Å². The molecule has 108 heavy (non-hydrogen) atoms. The standard InChI is InChI=1S/C40H47N2O3.2C22H22N6O3.Co/c1-10-13-18-44-38(43)28-17-15-14-16-27(28)37-31-19-29-25(4)23-39(6,7)41(11-2)33(29)21-35(31)45-36-22-34-30(20-32(36)37)26(5)24-40(8,9)42(34)12-3;2*1-3-26(4-2)15-9-11-18(22(30)14-15)23-24-19-13-16(10-12-21(19)29)27-25-17-7-5-6-8-20(17)28(27)31;/h14-17,19-24H,10-13,18H2,1-9H3;2*5-14,29-30H,3-4H2,1-2H3;/q+1;;;. The van der Waals surface area contributed by atoms with E-state index in [-0.39, 0.29) is 79.6 Å². The molecule has 559 valence electrons. The Balaban J connectivity index is 0.000000165. The Kier molecular flexibility index (Phi) is 23.2. The van der Waals surface area contributed by atoms with Gasteiger partial charge in [-0.1, -0.05) is 61.9 Å². The number of carbonyl (C=O) groups excluding carboxylic acids is 1. The Morgan fingerprint density at radius 1 is 0.546 bits per heavy atom. The van der Waals surface area contributed by atoms with Gasteiger partial charge in [-0.25, -0.2) is 9.37 Å². The zero-order valence-corrected chi connectivity index (χ0v) is 64.1. The first-order valence-electron chi connectivity index (χ1n) is 36.4. The largest absolute Gasteiger partial charge is 0.692 e. The number of esters is 1. The van der Waals surface area contributed by atoms with E-state index in [0.717, 1.165) is 96.9 Å². The molecule has 0 saturated heterocycles. The maximum atomic E-state index is 13.6. The maximum absolute atomic E-state index is 13.6. The fourth-order valence-corrected chi connectivity index (χ4v) is 14.4. The second-order valence-corrected chi connectivity index (χ2v) is 27.4. The number of rotatable bonds is 19. The minimum absolute atomic E-state index is 0. The number of aromatic nitrogens is 6. The number of hydrogen-bond acceptors (Lipinski definition) is 18. The first-order chi connectivity index (χ1) is 51.4. The average Bonchev–Trinajstić information content (AvgIpc) is 0.890. The number of nitrogens with zero attached hydrogens (tertiary/aromatic N) is 14. The van der Waals surface area contributed by atoms with Crippen molar-refractivity contribution in [2.24, 2.45) is 20.5 Å². The summed E-state index contributed by atoms with van der Waals surface area (Å²) in [6, 6.07) is 50.1. The number of fused-ring (bicyclic) bond motifs is 6. The van der Waals surface area contributed by atoms with Crippen molar-refractivity contribution in [2.45, 2.75) is 114 Å². The zero-order chi connectivity index (χ0) is 76.2. The van der Waals surface area contributed by atoms with Crippen molar-refractivity contribution in [3.05, 3.63) is 231 Å². The van der Waals surface area contributed by atoms with Crippen LogP contribution in [0, 0.1) is 10.4 Å². The van der Waals surface area contributed by atoms with Crippen molar-refractivity contribution < 1.29 is 61.2 Å². The maximum Gasteiger partial charge on any atom is 0.338 e. The molecule has 1 radical (unpaired) electrons. The number of phenolic OH excluding ortho intramolecular Hbond substituents is 4. The van der Waals surface area contributed by atoms with Gasteiger partial charge in [0, 0.05) is 138 Å². The topological polar surface area (TPSA) is 268 Å². The molecular formula is C84H91CoN14O9+. The monoisotopic (exact) mass is 1500 g/mol. The predicted molar refractivity (Wildman–Crippen MR) is 421 cm³/mol. The molecule has 3 aliphatic rings. The molecule has 5 heterocycles. The molecule has 0 aliphatic carbocycles. The Bertz CT molecular complexity index is 5300. The minimum atomic E-state index is -0.290. The number of para-hydroxylation sites is 2. The van der Waals surface area contributed by atoms with Crippen molar-refractivity contribution in [1.29, 1.82) is 0 Å². The molecule has 11 aromatic rings. The number of unbranched alkanes of at least 4 members (excludes halogenated alkanes) is 1. The first-order valence-corrected chi connectivity index (χ1v) is 36.4. The van der Waals surface area contributed by atoms with Gasteiger partial charge < -0.3 is 55.0 Å². The van der Waals surface area contributed by atoms with Crippen LogP contribution < -0.4 is 44.3 Å². The number of carbonyl (C=O) groups is 1. The molecule has 0 bridgehead atoms. The molecule has 0 atom stereocenters. The van der Waals surface area contributed by atoms with Gasteiger partial charge in [-0.3, -0.25) is 0 Å². The third kappa shape index (κ3) is 15.4. The third-order valence-electron chi connectivity index (χ3n) is 19.7. The summed E-state index contributed by atoms with van der Waals surface area (Å²) >= 11 is 0. The van der Waals surface area contributed by atoms with E-state index in [0.29, 0.717) is 55.3 Å². The Hall–Kier alpha value is -11.9. The molecule has 0 spiro atoms. The second-order valence-electron chi connectivity index (χ2n) is 27.4. The molecule has 14 rings (SSSR count). The summed E-state index contributed by atoms with van der Waals surface area (Å²) in [7, 11) is 0. The van der Waals surface area contributed by atoms with Crippen molar-refractivity contribution in [3.8, 4) is 45.9 Å². The molecule has 23 nitrogen and oxygen atoms in total. The van der Waals surface area contributed by atoms with Crippen LogP contribution in [-0.4, -0.2) is 103 Å². The van der Waals surface area contributed by atoms with Crippen molar-refractivity contribution in [2.75, 3.05) is 60.6 Å². The van der Waals surface area contributed by atoms with Gasteiger partial charge in [0.1, 0.15) is 75.2 Å². The minimum Gasteiger partial charge on any atom is -0.692 e. The second kappa shape index (κ2) is 32.5. The van der Waals surface area contributed by atoms with E-state index in [1.165, 1.54) is 67.2 Å². The SMILES string of the molecule is CCCCOC(=O)c1ccccc1C1=c2cc3c(cc2Oc2cc4c(cc21)C(C)=CC(C)(C)N4CC)=[N+](CC)C(C)(C)C=C3C.CCN(CC)c1ccc(N=Nc2cc(-n3nc4ccccc4[n+]3[O-])ccc2O)c(O)c1.CCN(CC)c1ccc(N=Nc2cc(-n3nc4ccccc4[n+]3[O-])ccc2O)c(O)c1.[Co]. The first kappa shape index (κ1) is 77.2. The van der Waals surface area contributed by atoms with Crippen LogP contribution in [0.1, 0.15) is 135 Å². The van der Waals surface area contributed by atoms with Crippen LogP contribution in [0.15, 0.2) is 202 Å². The Labute approximate surface area is 638 Å². The van der Waals surface area contributed by atoms with E-state index in [2.05, 4.69) is 155 Å². The summed E-state index contributed by atoms with van der Waals surface area (Å²) in [6.07, 6.45) is 6.52. The van der Waals surface area contributed by atoms with Gasteiger partial charge >= 0.3 is 5.97 Å². The van der Waals surface area contributed by atoms with E-state index in [1.54, 1.807) is 84.9 Å². The molecule has 3 aliphatic heterocycles. The van der Waals surface area contributed by atoms with Crippen LogP contribution in [-0.2, 0) is 21.5 Å². The van der Waals surface area contributed by atoms with Gasteiger partial charge in [0.15, 0.2) is 5.54 Å². The molecule has 0 unspecified atom stereocenters. The quantitative estimate of drug-likeness (QED) is 0.0193. The summed E-state index contributed by atoms with van der Waals surface area (Å²) in [6.45, 7) is 33.6. The van der Waals surface area contributed by atoms with Crippen molar-refractivity contribution in [3.63, 3.8) is 0 Å². The van der Waals surface area contributed by atoms with E-state index >= 15 is 0 Å². The van der Waals surface area contributed by atoms with Gasteiger partial charge in [-0.2, -0.15) is 0 Å². The van der Waals surface area contributed by atoms with E-state index in [1.807, 2.05) is 58.0 Å². The third-order valence-corrected chi connectivity index (χ3v) is 19.7. The summed E-state index contributed by atoms with van der Waals surface area (Å²) in [5.74, 6) is 1.07. The fraction of sp³-hybridized carbons (Fsp3) is 0.286. The van der Waals surface area contributed by atoms with Crippen molar-refractivity contribution >= 4 is 84.6 Å². The molecule has 0 amide bonds. The van der Waals surface area contributed by atoms with Crippen LogP contribution >= 0.6 is 0 Å². The number of likely N-dealkylation sites (N-methyl/N-ethyl adjacent to an activating group) is 2. The summed E-state index contributed by atoms with van der Waals surface area (Å²) in [4.78, 5) is 23.9. The van der Waals surface area contributed by atoms with Gasteiger partial charge in [0.2, 0.25) is 27.4 Å². The Morgan fingerprint density at radius 2 is 1.06 bits per heavy atom. The molecule has 4 N–H and O–H groups in total. The average molecular weight is 1500 g/mol. The number of benzene rings is 9. The van der Waals surface area contributed by atoms with Crippen LogP contribution in [0.5, 0.6) is 34.5 Å². The Morgan fingerprint density at radius 3 is 1.56 bits per heavy atom. The van der Waals surface area contributed by atoms with E-state index in [9.17, 15) is 35.6 Å². The molecule has 2 aromatic heterocycles. The summed E-state index contributed by atoms with van der Waals surface area (Å²) in [5.41, 5.74) is 14.6. The van der Waals surface area contributed by atoms with Crippen LogP contribution in [0.4, 0.5) is 39.8 Å². The molecule has 24 heteroatoms. The van der Waals surface area contributed by atoms with Crippen LogP contribution in [0.2, 0.25) is 0 Å². The number of hydrogen-bond donors (Lipinski definition) is 4. The summed E-state index contributed by atoms with van der Waals surface area (Å²) < 4.78 is 15.1. The van der Waals surface area contributed by atoms with Crippen LogP contribution in [0.25, 0.3) is 50.2 Å². The predicted octanol–water partition coefficient (Wildman–Crippen LogP) is 16.4. The van der Waals surface area contributed by atoms with Gasteiger partial charge in [-0.05, 0) is 199 Å². The molecule has 0 saturated carbocycles. The zero-order valence-electron chi connectivity index (χ0n) is 63.1. The fourth-order valence-electron chi connectivity index (χ4n) is 14.4. The number of phenols is 4. The normalized spacial score (nSPS) is 13.8. The number of azo groups is 2. The van der Waals surface area contributed by atoms with Gasteiger partial charge in [-0.15, -0.1) is 30.1 Å². The molecule has 0 fully saturated rings.